The predicted molar refractivity (Wildman–Crippen MR) is 185 cm³/mol. The van der Waals surface area contributed by atoms with Gasteiger partial charge < -0.3 is 33.0 Å². The minimum Gasteiger partial charge on any atom is -0.343 e. The van der Waals surface area contributed by atoms with Crippen LogP contribution in [0.2, 0.25) is 0 Å². The Balaban J connectivity index is 0.000000646. The Kier molecular flexibility index (Phi) is 22.4. The Morgan fingerprint density at radius 1 is 0.442 bits per heavy atom. The van der Waals surface area contributed by atoms with E-state index in [0.29, 0.717) is 22.3 Å². The molecule has 0 aromatic heterocycles. The van der Waals surface area contributed by atoms with Crippen molar-refractivity contribution >= 4 is 47.0 Å². The minimum atomic E-state index is 0. The van der Waals surface area contributed by atoms with E-state index in [1.165, 1.54) is 25.7 Å². The molecule has 0 fully saturated rings. The summed E-state index contributed by atoms with van der Waals surface area (Å²) in [5.41, 5.74) is 2.70. The van der Waals surface area contributed by atoms with Gasteiger partial charge in [-0.1, -0.05) is 99.5 Å². The number of rotatable bonds is 10. The molecule has 4 rings (SSSR count). The molecule has 5 heteroatoms. The van der Waals surface area contributed by atoms with Crippen molar-refractivity contribution in [2.45, 2.75) is 39.5 Å². The molecule has 43 heavy (non-hydrogen) atoms. The van der Waals surface area contributed by atoms with E-state index < -0.39 is 0 Å². The molecule has 0 bridgehead atoms. The summed E-state index contributed by atoms with van der Waals surface area (Å²) in [7, 11) is 0. The summed E-state index contributed by atoms with van der Waals surface area (Å²) in [6.07, 6.45) is 7.26. The SMILES string of the molecule is [CH2-]CCC.[CH2-]CCC.[OH+]=C([CH-]C(=[OH+])c1ccccc1)c1ccccc1.[OH+]=C([CH-]C(=[OH+])c1ccccc1)c1ccccc1.[Sn]. The van der Waals surface area contributed by atoms with Gasteiger partial charge in [0.2, 0.25) is 0 Å². The van der Waals surface area contributed by atoms with Crippen molar-refractivity contribution in [2.24, 2.45) is 0 Å². The average Bonchev–Trinajstić information content (AvgIpc) is 3.06. The van der Waals surface area contributed by atoms with Gasteiger partial charge >= 0.3 is 0 Å². The molecule has 0 amide bonds. The van der Waals surface area contributed by atoms with Crippen LogP contribution in [0.15, 0.2) is 121 Å². The van der Waals surface area contributed by atoms with Crippen LogP contribution >= 0.6 is 0 Å². The van der Waals surface area contributed by atoms with E-state index in [1.54, 1.807) is 48.5 Å². The molecule has 0 heterocycles. The van der Waals surface area contributed by atoms with Crippen molar-refractivity contribution in [1.29, 1.82) is 0 Å². The second-order valence-corrected chi connectivity index (χ2v) is 9.00. The fourth-order valence-corrected chi connectivity index (χ4v) is 3.03. The van der Waals surface area contributed by atoms with Crippen molar-refractivity contribution in [3.63, 3.8) is 0 Å². The number of unbranched alkanes of at least 4 members (excludes halogenated alkanes) is 2. The molecule has 0 unspecified atom stereocenters. The van der Waals surface area contributed by atoms with Crippen LogP contribution in [0.5, 0.6) is 0 Å². The summed E-state index contributed by atoms with van der Waals surface area (Å²) in [4.78, 5) is 39.3. The first-order chi connectivity index (χ1) is 20.4. The van der Waals surface area contributed by atoms with Gasteiger partial charge in [0.15, 0.2) is 0 Å². The fraction of sp³-hybridized carbons (Fsp3) is 0.158. The largest absolute Gasteiger partial charge is 0.343 e. The van der Waals surface area contributed by atoms with Gasteiger partial charge in [0.25, 0.3) is 23.1 Å². The van der Waals surface area contributed by atoms with E-state index in [0.717, 1.165) is 12.8 Å². The van der Waals surface area contributed by atoms with Crippen LogP contribution < -0.4 is 0 Å². The number of ketones is 4. The topological polar surface area (TPSA) is 85.6 Å². The average molecular weight is 683 g/mol. The third-order valence-corrected chi connectivity index (χ3v) is 5.53. The molecule has 4 aromatic carbocycles. The Hall–Kier alpha value is -3.90. The molecule has 0 spiro atoms. The third-order valence-electron chi connectivity index (χ3n) is 5.53. The van der Waals surface area contributed by atoms with Crippen molar-refractivity contribution in [3.8, 4) is 0 Å². The number of benzene rings is 4. The van der Waals surface area contributed by atoms with Crippen LogP contribution in [0.25, 0.3) is 0 Å². The molecule has 224 valence electrons. The molecule has 0 aliphatic rings. The zero-order valence-electron chi connectivity index (χ0n) is 25.2. The van der Waals surface area contributed by atoms with Gasteiger partial charge in [0.05, 0.1) is 0 Å². The van der Waals surface area contributed by atoms with Gasteiger partial charge in [0.1, 0.15) is 0 Å². The molecule has 0 saturated heterocycles. The molecular formula is C38H44O4Sn. The van der Waals surface area contributed by atoms with Gasteiger partial charge in [-0.25, -0.2) is 0 Å². The van der Waals surface area contributed by atoms with E-state index in [9.17, 15) is 19.2 Å². The van der Waals surface area contributed by atoms with Crippen molar-refractivity contribution in [1.82, 2.24) is 0 Å². The van der Waals surface area contributed by atoms with Crippen LogP contribution in [0, 0.1) is 26.7 Å². The second-order valence-electron chi connectivity index (χ2n) is 9.00. The molecule has 0 aliphatic heterocycles. The Morgan fingerprint density at radius 3 is 0.744 bits per heavy atom. The Morgan fingerprint density at radius 2 is 0.605 bits per heavy atom. The monoisotopic (exact) mass is 684 g/mol. The maximum absolute atomic E-state index is 9.83. The van der Waals surface area contributed by atoms with Gasteiger partial charge in [-0.3, -0.25) is 0 Å². The van der Waals surface area contributed by atoms with Gasteiger partial charge in [0, 0.05) is 36.7 Å². The summed E-state index contributed by atoms with van der Waals surface area (Å²) in [6.45, 7) is 11.4. The molecular weight excluding hydrogens is 639 g/mol. The van der Waals surface area contributed by atoms with Gasteiger partial charge in [-0.2, -0.15) is 12.8 Å². The van der Waals surface area contributed by atoms with E-state index in [2.05, 4.69) is 27.7 Å². The first-order valence-electron chi connectivity index (χ1n) is 14.1. The third kappa shape index (κ3) is 17.0. The van der Waals surface area contributed by atoms with Gasteiger partial charge in [-0.15, -0.1) is 48.5 Å². The zero-order valence-corrected chi connectivity index (χ0v) is 28.1. The van der Waals surface area contributed by atoms with Crippen molar-refractivity contribution in [2.75, 3.05) is 0 Å². The number of carbonyl (C=O) groups excluding carboxylic acids is 4. The van der Waals surface area contributed by atoms with Crippen LogP contribution in [-0.2, 0) is 0 Å². The number of hydrogen-bond acceptors (Lipinski definition) is 0. The smallest absolute Gasteiger partial charge is 0.255 e. The molecule has 0 saturated carbocycles. The standard InChI is InChI=1S/2C15H11O2.2C4H9.Sn/c2*16-14(12-7-3-1-4-8-12)11-15(17)13-9-5-2-6-10-13;2*1-3-4-2;/h2*1-11H;2*1,3-4H2,2H3;/q4*-1;/p+4. The van der Waals surface area contributed by atoms with Crippen molar-refractivity contribution < 1.29 is 19.2 Å². The maximum atomic E-state index is 9.83. The predicted octanol–water partition coefficient (Wildman–Crippen LogP) is 7.61. The van der Waals surface area contributed by atoms with Crippen LogP contribution in [0.1, 0.15) is 61.8 Å². The number of hydrogen-bond donors (Lipinski definition) is 0. The summed E-state index contributed by atoms with van der Waals surface area (Å²) in [5, 5.41) is 0. The Labute approximate surface area is 274 Å². The molecule has 4 N–H and O–H groups in total. The fourth-order valence-electron chi connectivity index (χ4n) is 3.03. The molecule has 4 aromatic rings. The minimum absolute atomic E-state index is 0. The van der Waals surface area contributed by atoms with Gasteiger partial charge in [-0.05, 0) is 22.3 Å². The second kappa shape index (κ2) is 24.7. The van der Waals surface area contributed by atoms with E-state index in [-0.39, 0.29) is 47.0 Å². The van der Waals surface area contributed by atoms with E-state index in [1.807, 2.05) is 72.8 Å². The maximum Gasteiger partial charge on any atom is 0.255 e. The van der Waals surface area contributed by atoms with E-state index in [4.69, 9.17) is 0 Å². The first-order valence-corrected chi connectivity index (χ1v) is 14.1. The summed E-state index contributed by atoms with van der Waals surface area (Å²) < 4.78 is 0. The first kappa shape index (κ1) is 39.1. The molecule has 4 nitrogen and oxygen atoms in total. The zero-order chi connectivity index (χ0) is 31.0. The summed E-state index contributed by atoms with van der Waals surface area (Å²) >= 11 is 0. The molecule has 0 atom stereocenters. The molecule has 0 aliphatic carbocycles. The van der Waals surface area contributed by atoms with Crippen LogP contribution in [0.4, 0.5) is 0 Å². The molecule has 4 radical (unpaired) electrons. The normalized spacial score (nSPS) is 9.02. The van der Waals surface area contributed by atoms with Crippen LogP contribution in [-0.4, -0.2) is 66.2 Å². The van der Waals surface area contributed by atoms with Crippen molar-refractivity contribution in [3.05, 3.63) is 170 Å². The quantitative estimate of drug-likeness (QED) is 0.0542. The van der Waals surface area contributed by atoms with E-state index >= 15 is 0 Å². The van der Waals surface area contributed by atoms with Crippen LogP contribution in [0.3, 0.4) is 0 Å². The summed E-state index contributed by atoms with van der Waals surface area (Å²) in [6, 6.07) is 36.4. The Bertz CT molecular complexity index is 1100. The summed E-state index contributed by atoms with van der Waals surface area (Å²) in [5.74, 6) is 0.192.